The molecule has 1 amide bonds. The molecule has 2 heterocycles. The topological polar surface area (TPSA) is 59.8 Å². The first-order chi connectivity index (χ1) is 15.9. The van der Waals surface area contributed by atoms with E-state index in [0.29, 0.717) is 10.8 Å². The number of hydrogen-bond acceptors (Lipinski definition) is 4. The Kier molecular flexibility index (Phi) is 5.81. The Morgan fingerprint density at radius 3 is 2.45 bits per heavy atom. The van der Waals surface area contributed by atoms with Crippen LogP contribution in [0.25, 0.3) is 16.4 Å². The van der Waals surface area contributed by atoms with Gasteiger partial charge in [-0.2, -0.15) is 9.78 Å². The van der Waals surface area contributed by atoms with E-state index in [1.807, 2.05) is 42.6 Å². The SMILES string of the molecule is Cc1ccc(-c2csc(-n3nc(C)cc3NC(=O)C3(c4ccc(Cl)cc4)CCCC3)n2)cc1. The van der Waals surface area contributed by atoms with Crippen molar-refractivity contribution in [3.05, 3.63) is 81.8 Å². The molecule has 1 N–H and O–H groups in total. The predicted octanol–water partition coefficient (Wildman–Crippen LogP) is 6.72. The molecule has 7 heteroatoms. The highest BCUT2D eigenvalue weighted by atomic mass is 35.5. The summed E-state index contributed by atoms with van der Waals surface area (Å²) in [6.07, 6.45) is 3.70. The fourth-order valence-electron chi connectivity index (χ4n) is 4.58. The summed E-state index contributed by atoms with van der Waals surface area (Å²) in [5.74, 6) is 0.640. The van der Waals surface area contributed by atoms with Gasteiger partial charge in [0, 0.05) is 22.0 Å². The Labute approximate surface area is 202 Å². The van der Waals surface area contributed by atoms with Gasteiger partial charge in [-0.3, -0.25) is 4.79 Å². The monoisotopic (exact) mass is 476 g/mol. The van der Waals surface area contributed by atoms with Gasteiger partial charge in [-0.15, -0.1) is 11.3 Å². The van der Waals surface area contributed by atoms with Crippen molar-refractivity contribution in [3.8, 4) is 16.4 Å². The minimum Gasteiger partial charge on any atom is -0.310 e. The molecule has 2 aromatic carbocycles. The van der Waals surface area contributed by atoms with Gasteiger partial charge in [-0.25, -0.2) is 4.98 Å². The third-order valence-electron chi connectivity index (χ3n) is 6.38. The molecule has 1 fully saturated rings. The zero-order valence-corrected chi connectivity index (χ0v) is 20.2. The number of aryl methyl sites for hydroxylation is 2. The first-order valence-electron chi connectivity index (χ1n) is 11.1. The first kappa shape index (κ1) is 21.9. The van der Waals surface area contributed by atoms with Crippen molar-refractivity contribution in [1.82, 2.24) is 14.8 Å². The quantitative estimate of drug-likeness (QED) is 0.348. The van der Waals surface area contributed by atoms with Crippen molar-refractivity contribution < 1.29 is 4.79 Å². The third kappa shape index (κ3) is 4.21. The first-order valence-corrected chi connectivity index (χ1v) is 12.4. The summed E-state index contributed by atoms with van der Waals surface area (Å²) in [6, 6.07) is 17.9. The minimum atomic E-state index is -0.552. The number of hydrogen-bond donors (Lipinski definition) is 1. The molecule has 1 saturated carbocycles. The summed E-state index contributed by atoms with van der Waals surface area (Å²) in [6.45, 7) is 3.99. The van der Waals surface area contributed by atoms with Gasteiger partial charge in [-0.1, -0.05) is 66.4 Å². The summed E-state index contributed by atoms with van der Waals surface area (Å²) in [5, 5.41) is 11.2. The van der Waals surface area contributed by atoms with Crippen LogP contribution in [0.15, 0.2) is 60.0 Å². The van der Waals surface area contributed by atoms with E-state index in [1.54, 1.807) is 4.68 Å². The van der Waals surface area contributed by atoms with Crippen molar-refractivity contribution in [2.45, 2.75) is 44.9 Å². The number of carbonyl (C=O) groups is 1. The largest absolute Gasteiger partial charge is 0.310 e. The molecule has 0 atom stereocenters. The smallest absolute Gasteiger partial charge is 0.236 e. The van der Waals surface area contributed by atoms with Crippen LogP contribution in [-0.4, -0.2) is 20.7 Å². The van der Waals surface area contributed by atoms with Gasteiger partial charge in [0.25, 0.3) is 0 Å². The van der Waals surface area contributed by atoms with Gasteiger partial charge >= 0.3 is 0 Å². The van der Waals surface area contributed by atoms with E-state index in [1.165, 1.54) is 16.9 Å². The van der Waals surface area contributed by atoms with E-state index in [0.717, 1.165) is 53.3 Å². The Hall–Kier alpha value is -2.96. The van der Waals surface area contributed by atoms with E-state index in [2.05, 4.69) is 41.6 Å². The van der Waals surface area contributed by atoms with E-state index >= 15 is 0 Å². The maximum atomic E-state index is 13.7. The molecule has 0 unspecified atom stereocenters. The third-order valence-corrected chi connectivity index (χ3v) is 7.45. The number of amides is 1. The molecule has 2 aromatic heterocycles. The number of thiazole rings is 1. The Balaban J connectivity index is 1.45. The molecule has 5 rings (SSSR count). The number of anilines is 1. The number of nitrogens with zero attached hydrogens (tertiary/aromatic N) is 3. The van der Waals surface area contributed by atoms with Crippen LogP contribution in [0.5, 0.6) is 0 Å². The molecule has 4 aromatic rings. The second kappa shape index (κ2) is 8.76. The van der Waals surface area contributed by atoms with Crippen LogP contribution in [0.4, 0.5) is 5.82 Å². The van der Waals surface area contributed by atoms with Crippen molar-refractivity contribution in [1.29, 1.82) is 0 Å². The minimum absolute atomic E-state index is 0.00112. The van der Waals surface area contributed by atoms with Crippen molar-refractivity contribution in [2.24, 2.45) is 0 Å². The maximum Gasteiger partial charge on any atom is 0.236 e. The summed E-state index contributed by atoms with van der Waals surface area (Å²) < 4.78 is 1.74. The van der Waals surface area contributed by atoms with Crippen LogP contribution < -0.4 is 5.32 Å². The van der Waals surface area contributed by atoms with Crippen LogP contribution in [0, 0.1) is 13.8 Å². The predicted molar refractivity (Wildman–Crippen MR) is 134 cm³/mol. The lowest BCUT2D eigenvalue weighted by molar-refractivity contribution is -0.121. The zero-order chi connectivity index (χ0) is 23.0. The number of rotatable bonds is 5. The molecule has 168 valence electrons. The average molecular weight is 477 g/mol. The van der Waals surface area contributed by atoms with E-state index in [9.17, 15) is 4.79 Å². The lowest BCUT2D eigenvalue weighted by Gasteiger charge is -2.28. The highest BCUT2D eigenvalue weighted by molar-refractivity contribution is 7.12. The Morgan fingerprint density at radius 2 is 1.76 bits per heavy atom. The summed E-state index contributed by atoms with van der Waals surface area (Å²) in [7, 11) is 0. The van der Waals surface area contributed by atoms with Crippen LogP contribution in [-0.2, 0) is 10.2 Å². The number of aromatic nitrogens is 3. The fraction of sp³-hybridized carbons (Fsp3) is 0.269. The molecular formula is C26H25ClN4OS. The highest BCUT2D eigenvalue weighted by Gasteiger charge is 2.43. The summed E-state index contributed by atoms with van der Waals surface area (Å²) in [5.41, 5.74) is 4.45. The van der Waals surface area contributed by atoms with Gasteiger partial charge in [0.1, 0.15) is 5.82 Å². The second-order valence-electron chi connectivity index (χ2n) is 8.71. The molecule has 0 spiro atoms. The Morgan fingerprint density at radius 1 is 1.06 bits per heavy atom. The van der Waals surface area contributed by atoms with Crippen molar-refractivity contribution in [3.63, 3.8) is 0 Å². The average Bonchev–Trinajstić information content (AvgIpc) is 3.55. The normalized spacial score (nSPS) is 15.0. The number of nitrogens with one attached hydrogen (secondary N) is 1. The van der Waals surface area contributed by atoms with Gasteiger partial charge in [0.15, 0.2) is 0 Å². The molecule has 1 aliphatic rings. The standard InChI is InChI=1S/C26H25ClN4OS/c1-17-5-7-19(8-6-17)22-16-33-25(28-22)31-23(15-18(2)30-31)29-24(32)26(13-3-4-14-26)20-9-11-21(27)12-10-20/h5-12,15-16H,3-4,13-14H2,1-2H3,(H,29,32). The number of carbonyl (C=O) groups excluding carboxylic acids is 1. The van der Waals surface area contributed by atoms with Crippen LogP contribution >= 0.6 is 22.9 Å². The van der Waals surface area contributed by atoms with Gasteiger partial charge in [0.05, 0.1) is 16.8 Å². The van der Waals surface area contributed by atoms with Gasteiger partial charge in [0.2, 0.25) is 11.0 Å². The molecular weight excluding hydrogens is 452 g/mol. The summed E-state index contributed by atoms with van der Waals surface area (Å²) >= 11 is 7.61. The summed E-state index contributed by atoms with van der Waals surface area (Å²) in [4.78, 5) is 18.5. The van der Waals surface area contributed by atoms with E-state index in [-0.39, 0.29) is 5.91 Å². The molecule has 0 aliphatic heterocycles. The Bertz CT molecular complexity index is 1280. The van der Waals surface area contributed by atoms with Crippen LogP contribution in [0.1, 0.15) is 42.5 Å². The maximum absolute atomic E-state index is 13.7. The zero-order valence-electron chi connectivity index (χ0n) is 18.6. The van der Waals surface area contributed by atoms with E-state index < -0.39 is 5.41 Å². The number of halogens is 1. The van der Waals surface area contributed by atoms with Crippen LogP contribution in [0.2, 0.25) is 5.02 Å². The fourth-order valence-corrected chi connectivity index (χ4v) is 5.50. The van der Waals surface area contributed by atoms with Gasteiger partial charge < -0.3 is 5.32 Å². The van der Waals surface area contributed by atoms with E-state index in [4.69, 9.17) is 16.6 Å². The molecule has 5 nitrogen and oxygen atoms in total. The van der Waals surface area contributed by atoms with Gasteiger partial charge in [-0.05, 0) is 44.4 Å². The number of benzene rings is 2. The highest BCUT2D eigenvalue weighted by Crippen LogP contribution is 2.42. The molecule has 0 radical (unpaired) electrons. The van der Waals surface area contributed by atoms with Crippen molar-refractivity contribution >= 4 is 34.7 Å². The molecule has 0 saturated heterocycles. The molecule has 33 heavy (non-hydrogen) atoms. The molecule has 1 aliphatic carbocycles. The van der Waals surface area contributed by atoms with Crippen LogP contribution in [0.3, 0.4) is 0 Å². The second-order valence-corrected chi connectivity index (χ2v) is 9.99. The van der Waals surface area contributed by atoms with Crippen molar-refractivity contribution in [2.75, 3.05) is 5.32 Å². The lowest BCUT2D eigenvalue weighted by atomic mass is 9.78. The lowest BCUT2D eigenvalue weighted by Crippen LogP contribution is -2.38. The molecule has 0 bridgehead atoms.